The fraction of sp³-hybridized carbons (Fsp3) is 0.438. The van der Waals surface area contributed by atoms with Gasteiger partial charge in [0.25, 0.3) is 0 Å². The van der Waals surface area contributed by atoms with E-state index >= 15 is 0 Å². The van der Waals surface area contributed by atoms with E-state index < -0.39 is 0 Å². The van der Waals surface area contributed by atoms with Crippen molar-refractivity contribution in [3.05, 3.63) is 30.0 Å². The van der Waals surface area contributed by atoms with Crippen molar-refractivity contribution < 1.29 is 0 Å². The molecular formula is C16H20N4. The molecule has 3 N–H and O–H groups in total. The number of nitrogens with two attached hydrogens (primary N) is 1. The molecular weight excluding hydrogens is 248 g/mol. The molecule has 104 valence electrons. The van der Waals surface area contributed by atoms with E-state index in [9.17, 15) is 0 Å². The highest BCUT2D eigenvalue weighted by Crippen LogP contribution is 2.41. The molecule has 1 aliphatic carbocycles. The van der Waals surface area contributed by atoms with Crippen molar-refractivity contribution in [3.8, 4) is 0 Å². The molecule has 2 fully saturated rings. The van der Waals surface area contributed by atoms with Crippen LogP contribution in [0.3, 0.4) is 0 Å². The smallest absolute Gasteiger partial charge is 0.0728 e. The molecule has 2 aromatic rings. The molecule has 0 radical (unpaired) electrons. The monoisotopic (exact) mass is 268 g/mol. The Bertz CT molecular complexity index is 642. The van der Waals surface area contributed by atoms with Gasteiger partial charge in [-0.25, -0.2) is 0 Å². The second-order valence-electron chi connectivity index (χ2n) is 5.91. The van der Waals surface area contributed by atoms with Gasteiger partial charge in [-0.05, 0) is 49.9 Å². The van der Waals surface area contributed by atoms with Crippen LogP contribution in [0.5, 0.6) is 0 Å². The fourth-order valence-corrected chi connectivity index (χ4v) is 3.11. The molecule has 1 saturated heterocycles. The van der Waals surface area contributed by atoms with E-state index in [0.29, 0.717) is 5.92 Å². The van der Waals surface area contributed by atoms with Gasteiger partial charge in [0, 0.05) is 35.8 Å². The Labute approximate surface area is 118 Å². The van der Waals surface area contributed by atoms with Crippen LogP contribution in [-0.4, -0.2) is 18.1 Å². The normalized spacial score (nSPS) is 18.8. The summed E-state index contributed by atoms with van der Waals surface area (Å²) in [6.45, 7) is 2.31. The summed E-state index contributed by atoms with van der Waals surface area (Å²) >= 11 is 0. The largest absolute Gasteiger partial charge is 0.372 e. The van der Waals surface area contributed by atoms with E-state index in [-0.39, 0.29) is 0 Å². The van der Waals surface area contributed by atoms with Crippen LogP contribution in [-0.2, 0) is 0 Å². The van der Waals surface area contributed by atoms with Crippen LogP contribution < -0.4 is 16.2 Å². The van der Waals surface area contributed by atoms with Crippen LogP contribution in [0.2, 0.25) is 0 Å². The number of nitrogen functional groups attached to an aromatic ring is 1. The Balaban J connectivity index is 1.81. The zero-order valence-electron chi connectivity index (χ0n) is 11.6. The van der Waals surface area contributed by atoms with Crippen molar-refractivity contribution in [2.45, 2.75) is 31.6 Å². The predicted octanol–water partition coefficient (Wildman–Crippen LogP) is 3.00. The van der Waals surface area contributed by atoms with Crippen LogP contribution in [0.1, 0.15) is 37.3 Å². The van der Waals surface area contributed by atoms with Crippen LogP contribution >= 0.6 is 0 Å². The van der Waals surface area contributed by atoms with E-state index in [1.54, 1.807) is 0 Å². The summed E-state index contributed by atoms with van der Waals surface area (Å²) in [6, 6.07) is 8.67. The SMILES string of the molecule is NNc1cc(C2CC2)nc2ccc(N3CCCC3)cc12. The second-order valence-corrected chi connectivity index (χ2v) is 5.91. The number of nitrogens with one attached hydrogen (secondary N) is 1. The molecule has 1 aromatic carbocycles. The Kier molecular flexibility index (Phi) is 2.77. The first-order chi connectivity index (χ1) is 9.85. The summed E-state index contributed by atoms with van der Waals surface area (Å²) in [7, 11) is 0. The number of pyridine rings is 1. The van der Waals surface area contributed by atoms with Gasteiger partial charge in [0.15, 0.2) is 0 Å². The lowest BCUT2D eigenvalue weighted by molar-refractivity contribution is 0.949. The van der Waals surface area contributed by atoms with Crippen molar-refractivity contribution >= 4 is 22.3 Å². The molecule has 1 aromatic heterocycles. The summed E-state index contributed by atoms with van der Waals surface area (Å²) < 4.78 is 0. The highest BCUT2D eigenvalue weighted by Gasteiger charge is 2.26. The maximum atomic E-state index is 5.72. The molecule has 0 bridgehead atoms. The van der Waals surface area contributed by atoms with E-state index in [1.807, 2.05) is 0 Å². The molecule has 2 aliphatic rings. The number of hydrogen-bond acceptors (Lipinski definition) is 4. The highest BCUT2D eigenvalue weighted by atomic mass is 15.2. The van der Waals surface area contributed by atoms with Gasteiger partial charge in [0.2, 0.25) is 0 Å². The lowest BCUT2D eigenvalue weighted by Crippen LogP contribution is -2.17. The minimum Gasteiger partial charge on any atom is -0.372 e. The third kappa shape index (κ3) is 2.00. The third-order valence-corrected chi connectivity index (χ3v) is 4.43. The lowest BCUT2D eigenvalue weighted by atomic mass is 10.1. The van der Waals surface area contributed by atoms with Crippen molar-refractivity contribution in [2.75, 3.05) is 23.4 Å². The minimum atomic E-state index is 0.643. The first kappa shape index (κ1) is 12.0. The van der Waals surface area contributed by atoms with Gasteiger partial charge in [-0.15, -0.1) is 0 Å². The van der Waals surface area contributed by atoms with Crippen LogP contribution in [0.4, 0.5) is 11.4 Å². The van der Waals surface area contributed by atoms with Crippen molar-refractivity contribution in [1.29, 1.82) is 0 Å². The van der Waals surface area contributed by atoms with Gasteiger partial charge in [0.05, 0.1) is 11.2 Å². The van der Waals surface area contributed by atoms with Gasteiger partial charge < -0.3 is 10.3 Å². The highest BCUT2D eigenvalue weighted by molar-refractivity contribution is 5.93. The molecule has 20 heavy (non-hydrogen) atoms. The Morgan fingerprint density at radius 2 is 1.95 bits per heavy atom. The van der Waals surface area contributed by atoms with Crippen LogP contribution in [0, 0.1) is 0 Å². The molecule has 2 heterocycles. The molecule has 4 heteroatoms. The fourth-order valence-electron chi connectivity index (χ4n) is 3.11. The van der Waals surface area contributed by atoms with E-state index in [1.165, 1.54) is 37.1 Å². The summed E-state index contributed by atoms with van der Waals surface area (Å²) in [4.78, 5) is 7.24. The maximum Gasteiger partial charge on any atom is 0.0728 e. The number of benzene rings is 1. The Morgan fingerprint density at radius 3 is 2.65 bits per heavy atom. The molecule has 0 unspecified atom stereocenters. The lowest BCUT2D eigenvalue weighted by Gasteiger charge is -2.19. The van der Waals surface area contributed by atoms with Crippen LogP contribution in [0.25, 0.3) is 10.9 Å². The number of nitrogens with zero attached hydrogens (tertiary/aromatic N) is 2. The summed E-state index contributed by atoms with van der Waals surface area (Å²) in [5.74, 6) is 6.36. The number of rotatable bonds is 3. The molecule has 0 amide bonds. The van der Waals surface area contributed by atoms with E-state index in [4.69, 9.17) is 10.8 Å². The van der Waals surface area contributed by atoms with E-state index in [0.717, 1.165) is 29.7 Å². The molecule has 1 aliphatic heterocycles. The molecule has 0 spiro atoms. The predicted molar refractivity (Wildman–Crippen MR) is 83.0 cm³/mol. The molecule has 4 rings (SSSR count). The van der Waals surface area contributed by atoms with Crippen LogP contribution in [0.15, 0.2) is 24.3 Å². The third-order valence-electron chi connectivity index (χ3n) is 4.43. The zero-order chi connectivity index (χ0) is 13.5. The number of hydrogen-bond donors (Lipinski definition) is 2. The van der Waals surface area contributed by atoms with Crippen molar-refractivity contribution in [2.24, 2.45) is 5.84 Å². The van der Waals surface area contributed by atoms with E-state index in [2.05, 4.69) is 34.6 Å². The average Bonchev–Trinajstić information content (AvgIpc) is 3.20. The summed E-state index contributed by atoms with van der Waals surface area (Å²) in [6.07, 6.45) is 5.10. The Morgan fingerprint density at radius 1 is 1.15 bits per heavy atom. The molecule has 1 saturated carbocycles. The summed E-state index contributed by atoms with van der Waals surface area (Å²) in [5.41, 5.74) is 7.36. The standard InChI is InChI=1S/C16H20N4/c17-19-16-10-15(11-3-4-11)18-14-6-5-12(9-13(14)16)20-7-1-2-8-20/h5-6,9-11H,1-4,7-8,17H2,(H,18,19). The number of hydrazine groups is 1. The molecule has 4 nitrogen and oxygen atoms in total. The second kappa shape index (κ2) is 4.63. The van der Waals surface area contributed by atoms with Gasteiger partial charge in [0.1, 0.15) is 0 Å². The number of anilines is 2. The first-order valence-corrected chi connectivity index (χ1v) is 7.51. The number of aromatic nitrogens is 1. The topological polar surface area (TPSA) is 54.2 Å². The Hall–Kier alpha value is -1.81. The average molecular weight is 268 g/mol. The zero-order valence-corrected chi connectivity index (χ0v) is 11.6. The summed E-state index contributed by atoms with van der Waals surface area (Å²) in [5, 5.41) is 1.13. The minimum absolute atomic E-state index is 0.643. The van der Waals surface area contributed by atoms with Crippen molar-refractivity contribution in [1.82, 2.24) is 4.98 Å². The maximum absolute atomic E-state index is 5.72. The molecule has 0 atom stereocenters. The number of fused-ring (bicyclic) bond motifs is 1. The quantitative estimate of drug-likeness (QED) is 0.663. The van der Waals surface area contributed by atoms with Gasteiger partial charge in [-0.3, -0.25) is 10.8 Å². The van der Waals surface area contributed by atoms with Gasteiger partial charge >= 0.3 is 0 Å². The van der Waals surface area contributed by atoms with Crippen molar-refractivity contribution in [3.63, 3.8) is 0 Å². The first-order valence-electron chi connectivity index (χ1n) is 7.51. The van der Waals surface area contributed by atoms with Gasteiger partial charge in [-0.1, -0.05) is 0 Å². The van der Waals surface area contributed by atoms with Gasteiger partial charge in [-0.2, -0.15) is 0 Å².